The van der Waals surface area contributed by atoms with Gasteiger partial charge in [0.2, 0.25) is 10.0 Å². The highest BCUT2D eigenvalue weighted by Crippen LogP contribution is 2.28. The minimum Gasteiger partial charge on any atom is -0.534 e. The Morgan fingerprint density at radius 2 is 2.11 bits per heavy atom. The van der Waals surface area contributed by atoms with Gasteiger partial charge < -0.3 is 9.31 Å². The third kappa shape index (κ3) is 3.27. The van der Waals surface area contributed by atoms with E-state index in [1.54, 1.807) is 12.1 Å². The van der Waals surface area contributed by atoms with Crippen LogP contribution in [-0.4, -0.2) is 32.4 Å². The van der Waals surface area contributed by atoms with Crippen LogP contribution in [0.25, 0.3) is 0 Å². The SMILES string of the molecule is C=C1OB(c2ccc(NS(C)(=O)=O)nc2)OC1(C)C. The van der Waals surface area contributed by atoms with Crippen LogP contribution in [0.3, 0.4) is 0 Å². The molecule has 0 spiro atoms. The van der Waals surface area contributed by atoms with E-state index in [0.717, 1.165) is 6.26 Å². The average Bonchev–Trinajstić information content (AvgIpc) is 2.52. The van der Waals surface area contributed by atoms with Crippen LogP contribution in [0.2, 0.25) is 0 Å². The largest absolute Gasteiger partial charge is 0.564 e. The number of nitrogens with zero attached hydrogens (tertiary/aromatic N) is 1. The second kappa shape index (κ2) is 4.54. The van der Waals surface area contributed by atoms with Gasteiger partial charge in [0.25, 0.3) is 0 Å². The lowest BCUT2D eigenvalue weighted by Crippen LogP contribution is -2.34. The number of aromatic nitrogens is 1. The van der Waals surface area contributed by atoms with Crippen molar-refractivity contribution in [2.45, 2.75) is 19.4 Å². The van der Waals surface area contributed by atoms with E-state index in [4.69, 9.17) is 9.31 Å². The Labute approximate surface area is 113 Å². The minimum atomic E-state index is -3.33. The maximum Gasteiger partial charge on any atom is 0.564 e. The summed E-state index contributed by atoms with van der Waals surface area (Å²) in [6.45, 7) is 7.52. The van der Waals surface area contributed by atoms with E-state index in [2.05, 4.69) is 16.3 Å². The van der Waals surface area contributed by atoms with E-state index in [1.165, 1.54) is 6.20 Å². The first-order valence-corrected chi connectivity index (χ1v) is 7.54. The van der Waals surface area contributed by atoms with Crippen molar-refractivity contribution in [1.29, 1.82) is 0 Å². The van der Waals surface area contributed by atoms with Crippen molar-refractivity contribution in [3.8, 4) is 0 Å². The van der Waals surface area contributed by atoms with Crippen LogP contribution >= 0.6 is 0 Å². The van der Waals surface area contributed by atoms with E-state index >= 15 is 0 Å². The topological polar surface area (TPSA) is 77.5 Å². The molecule has 2 rings (SSSR count). The van der Waals surface area contributed by atoms with Crippen molar-refractivity contribution in [2.75, 3.05) is 11.0 Å². The van der Waals surface area contributed by atoms with Gasteiger partial charge in [-0.1, -0.05) is 12.6 Å². The van der Waals surface area contributed by atoms with Crippen LogP contribution in [0.1, 0.15) is 13.8 Å². The molecule has 1 fully saturated rings. The molecule has 0 bridgehead atoms. The van der Waals surface area contributed by atoms with Crippen LogP contribution in [0, 0.1) is 0 Å². The monoisotopic (exact) mass is 282 g/mol. The summed E-state index contributed by atoms with van der Waals surface area (Å²) >= 11 is 0. The molecule has 19 heavy (non-hydrogen) atoms. The molecule has 0 saturated carbocycles. The Balaban J connectivity index is 2.14. The molecule has 0 radical (unpaired) electrons. The number of anilines is 1. The second-order valence-corrected chi connectivity index (χ2v) is 6.60. The summed E-state index contributed by atoms with van der Waals surface area (Å²) in [5, 5.41) is 0. The molecular weight excluding hydrogens is 267 g/mol. The summed E-state index contributed by atoms with van der Waals surface area (Å²) in [5.41, 5.74) is 0.153. The standard InChI is InChI=1S/C11H15BN2O4S/c1-8-11(2,3)18-12(17-8)9-5-6-10(13-7-9)14-19(4,15)16/h5-7H,1H2,2-4H3,(H,13,14). The highest BCUT2D eigenvalue weighted by atomic mass is 32.2. The van der Waals surface area contributed by atoms with Crippen molar-refractivity contribution < 1.29 is 17.7 Å². The third-order valence-corrected chi connectivity index (χ3v) is 3.25. The molecule has 2 heterocycles. The molecular formula is C11H15BN2O4S. The van der Waals surface area contributed by atoms with E-state index in [9.17, 15) is 8.42 Å². The number of sulfonamides is 1. The molecule has 1 saturated heterocycles. The summed E-state index contributed by atoms with van der Waals surface area (Å²) in [7, 11) is -3.89. The average molecular weight is 282 g/mol. The first-order chi connectivity index (χ1) is 8.67. The summed E-state index contributed by atoms with van der Waals surface area (Å²) < 4.78 is 35.6. The van der Waals surface area contributed by atoms with E-state index < -0.39 is 22.7 Å². The zero-order valence-corrected chi connectivity index (χ0v) is 11.8. The third-order valence-electron chi connectivity index (χ3n) is 2.67. The van der Waals surface area contributed by atoms with Gasteiger partial charge in [0.1, 0.15) is 11.4 Å². The number of nitrogens with one attached hydrogen (secondary N) is 1. The number of rotatable bonds is 3. The Hall–Kier alpha value is -1.54. The normalized spacial score (nSPS) is 18.3. The van der Waals surface area contributed by atoms with Crippen molar-refractivity contribution >= 4 is 28.4 Å². The van der Waals surface area contributed by atoms with Gasteiger partial charge in [0.05, 0.1) is 12.0 Å². The van der Waals surface area contributed by atoms with E-state index in [-0.39, 0.29) is 5.82 Å². The van der Waals surface area contributed by atoms with Crippen molar-refractivity contribution in [2.24, 2.45) is 0 Å². The summed E-state index contributed by atoms with van der Waals surface area (Å²) in [6.07, 6.45) is 2.57. The first-order valence-electron chi connectivity index (χ1n) is 5.65. The van der Waals surface area contributed by atoms with Gasteiger partial charge >= 0.3 is 7.12 Å². The molecule has 102 valence electrons. The quantitative estimate of drug-likeness (QED) is 0.816. The molecule has 8 heteroatoms. The Morgan fingerprint density at radius 3 is 2.53 bits per heavy atom. The Bertz CT molecular complexity index is 598. The van der Waals surface area contributed by atoms with Crippen LogP contribution in [0.15, 0.2) is 30.7 Å². The number of pyridine rings is 1. The van der Waals surface area contributed by atoms with Gasteiger partial charge in [0.15, 0.2) is 0 Å². The molecule has 1 aromatic heterocycles. The smallest absolute Gasteiger partial charge is 0.534 e. The zero-order chi connectivity index (χ0) is 14.3. The lowest BCUT2D eigenvalue weighted by molar-refractivity contribution is 0.173. The van der Waals surface area contributed by atoms with Crippen molar-refractivity contribution in [1.82, 2.24) is 4.98 Å². The molecule has 6 nitrogen and oxygen atoms in total. The fraction of sp³-hybridized carbons (Fsp3) is 0.364. The minimum absolute atomic E-state index is 0.252. The molecule has 1 aliphatic rings. The fourth-order valence-corrected chi connectivity index (χ4v) is 2.06. The maximum absolute atomic E-state index is 11.1. The van der Waals surface area contributed by atoms with Gasteiger partial charge in [-0.15, -0.1) is 0 Å². The first kappa shape index (κ1) is 13.9. The van der Waals surface area contributed by atoms with Gasteiger partial charge in [-0.25, -0.2) is 13.4 Å². The maximum atomic E-state index is 11.1. The highest BCUT2D eigenvalue weighted by molar-refractivity contribution is 7.92. The van der Waals surface area contributed by atoms with Gasteiger partial charge in [0, 0.05) is 11.7 Å². The van der Waals surface area contributed by atoms with Gasteiger partial charge in [-0.2, -0.15) is 0 Å². The van der Waals surface area contributed by atoms with Gasteiger partial charge in [-0.3, -0.25) is 4.72 Å². The van der Waals surface area contributed by atoms with Crippen LogP contribution in [0.4, 0.5) is 5.82 Å². The zero-order valence-electron chi connectivity index (χ0n) is 11.0. The lowest BCUT2D eigenvalue weighted by atomic mass is 9.80. The highest BCUT2D eigenvalue weighted by Gasteiger charge is 2.42. The van der Waals surface area contributed by atoms with Crippen molar-refractivity contribution in [3.05, 3.63) is 30.7 Å². The number of hydrogen-bond donors (Lipinski definition) is 1. The molecule has 1 aromatic rings. The lowest BCUT2D eigenvalue weighted by Gasteiger charge is -2.15. The Morgan fingerprint density at radius 1 is 1.42 bits per heavy atom. The molecule has 1 N–H and O–H groups in total. The summed E-state index contributed by atoms with van der Waals surface area (Å²) in [5.74, 6) is 0.804. The Kier molecular flexibility index (Phi) is 3.31. The summed E-state index contributed by atoms with van der Waals surface area (Å²) in [6, 6.07) is 3.25. The molecule has 0 aliphatic carbocycles. The van der Waals surface area contributed by atoms with Gasteiger partial charge in [-0.05, 0) is 19.9 Å². The van der Waals surface area contributed by atoms with E-state index in [0.29, 0.717) is 11.2 Å². The molecule has 0 unspecified atom stereocenters. The fourth-order valence-electron chi connectivity index (χ4n) is 1.56. The summed E-state index contributed by atoms with van der Waals surface area (Å²) in [4.78, 5) is 4.00. The number of hydrogen-bond acceptors (Lipinski definition) is 5. The van der Waals surface area contributed by atoms with Crippen molar-refractivity contribution in [3.63, 3.8) is 0 Å². The molecule has 0 amide bonds. The predicted octanol–water partition coefficient (Wildman–Crippen LogP) is 0.487. The predicted molar refractivity (Wildman–Crippen MR) is 73.5 cm³/mol. The molecule has 0 aromatic carbocycles. The molecule has 0 atom stereocenters. The molecule has 1 aliphatic heterocycles. The second-order valence-electron chi connectivity index (χ2n) is 4.85. The van der Waals surface area contributed by atoms with E-state index in [1.807, 2.05) is 13.8 Å². The van der Waals surface area contributed by atoms with Crippen LogP contribution < -0.4 is 10.2 Å². The van der Waals surface area contributed by atoms with Crippen LogP contribution in [0.5, 0.6) is 0 Å². The van der Waals surface area contributed by atoms with Crippen LogP contribution in [-0.2, 0) is 19.3 Å².